The fraction of sp³-hybridized carbons (Fsp3) is 0.692. The van der Waals surface area contributed by atoms with Crippen molar-refractivity contribution in [2.75, 3.05) is 7.11 Å². The molecule has 4 heteroatoms. The van der Waals surface area contributed by atoms with Gasteiger partial charge in [0.1, 0.15) is 0 Å². The Morgan fingerprint density at radius 1 is 1.35 bits per heavy atom. The van der Waals surface area contributed by atoms with Crippen molar-refractivity contribution in [1.29, 1.82) is 0 Å². The van der Waals surface area contributed by atoms with Gasteiger partial charge in [0.25, 0.3) is 0 Å². The summed E-state index contributed by atoms with van der Waals surface area (Å²) in [6, 6.07) is 0.417. The van der Waals surface area contributed by atoms with E-state index in [1.165, 1.54) is 7.11 Å². The first-order valence-electron chi connectivity index (χ1n) is 6.16. The number of carbonyl (C=O) groups excluding carboxylic acids is 1. The van der Waals surface area contributed by atoms with Crippen LogP contribution >= 0.6 is 0 Å². The molecule has 0 saturated carbocycles. The lowest BCUT2D eigenvalue weighted by Crippen LogP contribution is -2.11. The second kappa shape index (κ2) is 5.84. The Morgan fingerprint density at radius 3 is 2.41 bits per heavy atom. The minimum atomic E-state index is -0.208. The highest BCUT2D eigenvalue weighted by Crippen LogP contribution is 2.22. The molecule has 0 bridgehead atoms. The van der Waals surface area contributed by atoms with Crippen LogP contribution in [0.15, 0.2) is 0 Å². The van der Waals surface area contributed by atoms with Crippen LogP contribution in [0.1, 0.15) is 49.7 Å². The monoisotopic (exact) mass is 238 g/mol. The summed E-state index contributed by atoms with van der Waals surface area (Å²) in [4.78, 5) is 11.3. The molecule has 0 fully saturated rings. The summed E-state index contributed by atoms with van der Waals surface area (Å²) in [7, 11) is 1.41. The van der Waals surface area contributed by atoms with Crippen molar-refractivity contribution in [2.45, 2.75) is 53.0 Å². The maximum atomic E-state index is 11.3. The second-order valence-corrected chi connectivity index (χ2v) is 4.32. The number of ether oxygens (including phenoxy) is 1. The van der Waals surface area contributed by atoms with Gasteiger partial charge in [0, 0.05) is 11.3 Å². The summed E-state index contributed by atoms with van der Waals surface area (Å²) in [5, 5.41) is 4.55. The molecule has 4 nitrogen and oxygen atoms in total. The second-order valence-electron chi connectivity index (χ2n) is 4.32. The molecule has 0 amide bonds. The highest BCUT2D eigenvalue weighted by molar-refractivity contribution is 5.73. The van der Waals surface area contributed by atoms with Gasteiger partial charge in [-0.15, -0.1) is 0 Å². The van der Waals surface area contributed by atoms with Crippen LogP contribution in [0.5, 0.6) is 0 Å². The van der Waals surface area contributed by atoms with Gasteiger partial charge in [-0.05, 0) is 26.7 Å². The van der Waals surface area contributed by atoms with E-state index >= 15 is 0 Å². The number of rotatable bonds is 5. The number of carbonyl (C=O) groups is 1. The molecular formula is C13H22N2O2. The zero-order valence-electron chi connectivity index (χ0n) is 11.4. The normalized spacial score (nSPS) is 10.9. The maximum absolute atomic E-state index is 11.3. The Morgan fingerprint density at radius 2 is 1.94 bits per heavy atom. The lowest BCUT2D eigenvalue weighted by molar-refractivity contribution is -0.139. The molecule has 0 aliphatic carbocycles. The Hall–Kier alpha value is -1.32. The van der Waals surface area contributed by atoms with Gasteiger partial charge in [-0.3, -0.25) is 9.48 Å². The Balaban J connectivity index is 3.04. The van der Waals surface area contributed by atoms with Gasteiger partial charge in [0.15, 0.2) is 0 Å². The van der Waals surface area contributed by atoms with Crippen molar-refractivity contribution in [2.24, 2.45) is 0 Å². The standard InChI is InChI=1S/C13H22N2O2/c1-6-11(7-2)15-10(4)12(9(3)14-15)8-13(16)17-5/h11H,6-8H2,1-5H3. The third kappa shape index (κ3) is 2.87. The first kappa shape index (κ1) is 13.7. The molecule has 17 heavy (non-hydrogen) atoms. The maximum Gasteiger partial charge on any atom is 0.310 e. The molecule has 0 saturated heterocycles. The largest absolute Gasteiger partial charge is 0.469 e. The molecule has 1 heterocycles. The zero-order valence-corrected chi connectivity index (χ0v) is 11.4. The van der Waals surface area contributed by atoms with Crippen LogP contribution in [0.3, 0.4) is 0 Å². The van der Waals surface area contributed by atoms with Crippen LogP contribution in [0.2, 0.25) is 0 Å². The van der Waals surface area contributed by atoms with Crippen molar-refractivity contribution in [1.82, 2.24) is 9.78 Å². The van der Waals surface area contributed by atoms with Crippen LogP contribution in [0.4, 0.5) is 0 Å². The summed E-state index contributed by atoms with van der Waals surface area (Å²) < 4.78 is 6.76. The van der Waals surface area contributed by atoms with E-state index in [-0.39, 0.29) is 5.97 Å². The van der Waals surface area contributed by atoms with E-state index in [0.717, 1.165) is 29.8 Å². The topological polar surface area (TPSA) is 44.1 Å². The molecule has 0 radical (unpaired) electrons. The lowest BCUT2D eigenvalue weighted by Gasteiger charge is -2.15. The molecule has 1 aromatic heterocycles. The predicted octanol–water partition coefficient (Wildman–Crippen LogP) is 2.58. The quantitative estimate of drug-likeness (QED) is 0.740. The number of esters is 1. The van der Waals surface area contributed by atoms with E-state index in [0.29, 0.717) is 12.5 Å². The fourth-order valence-electron chi connectivity index (χ4n) is 2.16. The van der Waals surface area contributed by atoms with E-state index < -0.39 is 0 Å². The highest BCUT2D eigenvalue weighted by atomic mass is 16.5. The molecule has 0 N–H and O–H groups in total. The fourth-order valence-corrected chi connectivity index (χ4v) is 2.16. The van der Waals surface area contributed by atoms with Crippen LogP contribution in [-0.4, -0.2) is 22.9 Å². The molecule has 0 atom stereocenters. The van der Waals surface area contributed by atoms with E-state index in [9.17, 15) is 4.79 Å². The third-order valence-corrected chi connectivity index (χ3v) is 3.31. The van der Waals surface area contributed by atoms with Crippen LogP contribution in [-0.2, 0) is 16.0 Å². The minimum Gasteiger partial charge on any atom is -0.469 e. The third-order valence-electron chi connectivity index (χ3n) is 3.31. The smallest absolute Gasteiger partial charge is 0.310 e. The van der Waals surface area contributed by atoms with E-state index in [1.54, 1.807) is 0 Å². The first-order valence-corrected chi connectivity index (χ1v) is 6.16. The molecule has 0 unspecified atom stereocenters. The summed E-state index contributed by atoms with van der Waals surface area (Å²) in [5.41, 5.74) is 3.02. The Kier molecular flexibility index (Phi) is 4.73. The van der Waals surface area contributed by atoms with Gasteiger partial charge < -0.3 is 4.74 Å². The average molecular weight is 238 g/mol. The van der Waals surface area contributed by atoms with Crippen molar-refractivity contribution in [3.63, 3.8) is 0 Å². The summed E-state index contributed by atoms with van der Waals surface area (Å²) >= 11 is 0. The summed E-state index contributed by atoms with van der Waals surface area (Å²) in [5.74, 6) is -0.208. The number of nitrogens with zero attached hydrogens (tertiary/aromatic N) is 2. The van der Waals surface area contributed by atoms with E-state index in [1.807, 2.05) is 18.5 Å². The van der Waals surface area contributed by atoms with Gasteiger partial charge in [-0.2, -0.15) is 5.10 Å². The molecule has 0 aliphatic rings. The van der Waals surface area contributed by atoms with Gasteiger partial charge in [-0.1, -0.05) is 13.8 Å². The average Bonchev–Trinajstić information content (AvgIpc) is 2.59. The van der Waals surface area contributed by atoms with Crippen molar-refractivity contribution in [3.8, 4) is 0 Å². The van der Waals surface area contributed by atoms with E-state index in [2.05, 4.69) is 18.9 Å². The number of aromatic nitrogens is 2. The number of hydrogen-bond donors (Lipinski definition) is 0. The minimum absolute atomic E-state index is 0.208. The molecule has 0 aromatic carbocycles. The molecule has 1 rings (SSSR count). The number of hydrogen-bond acceptors (Lipinski definition) is 3. The van der Waals surface area contributed by atoms with Gasteiger partial charge >= 0.3 is 5.97 Å². The summed E-state index contributed by atoms with van der Waals surface area (Å²) in [6.07, 6.45) is 2.42. The van der Waals surface area contributed by atoms with Gasteiger partial charge in [0.05, 0.1) is 25.3 Å². The van der Waals surface area contributed by atoms with Gasteiger partial charge in [-0.25, -0.2) is 0 Å². The number of aryl methyl sites for hydroxylation is 1. The van der Waals surface area contributed by atoms with E-state index in [4.69, 9.17) is 4.74 Å². The molecule has 0 aliphatic heterocycles. The molecule has 96 valence electrons. The number of methoxy groups -OCH3 is 1. The van der Waals surface area contributed by atoms with Crippen molar-refractivity contribution in [3.05, 3.63) is 17.0 Å². The lowest BCUT2D eigenvalue weighted by atomic mass is 10.1. The molecule has 0 spiro atoms. The highest BCUT2D eigenvalue weighted by Gasteiger charge is 2.18. The SMILES string of the molecule is CCC(CC)n1nc(C)c(CC(=O)OC)c1C. The zero-order chi connectivity index (χ0) is 13.0. The van der Waals surface area contributed by atoms with Crippen LogP contribution in [0, 0.1) is 13.8 Å². The van der Waals surface area contributed by atoms with Crippen LogP contribution < -0.4 is 0 Å². The Labute approximate surface area is 103 Å². The van der Waals surface area contributed by atoms with Gasteiger partial charge in [0.2, 0.25) is 0 Å². The summed E-state index contributed by atoms with van der Waals surface area (Å²) in [6.45, 7) is 8.29. The first-order chi connectivity index (χ1) is 8.04. The molecule has 1 aromatic rings. The Bertz CT molecular complexity index is 392. The molecular weight excluding hydrogens is 216 g/mol. The predicted molar refractivity (Wildman–Crippen MR) is 67.0 cm³/mol. The van der Waals surface area contributed by atoms with Crippen LogP contribution in [0.25, 0.3) is 0 Å². The van der Waals surface area contributed by atoms with Crippen molar-refractivity contribution < 1.29 is 9.53 Å². The van der Waals surface area contributed by atoms with Crippen molar-refractivity contribution >= 4 is 5.97 Å².